The van der Waals surface area contributed by atoms with Gasteiger partial charge in [0, 0.05) is 23.7 Å². The van der Waals surface area contributed by atoms with Crippen molar-refractivity contribution in [2.75, 3.05) is 18.0 Å². The van der Waals surface area contributed by atoms with E-state index in [1.807, 2.05) is 60.7 Å². The van der Waals surface area contributed by atoms with Gasteiger partial charge in [-0.05, 0) is 71.6 Å². The summed E-state index contributed by atoms with van der Waals surface area (Å²) in [4.78, 5) is 35.8. The predicted molar refractivity (Wildman–Crippen MR) is 174 cm³/mol. The van der Waals surface area contributed by atoms with Crippen LogP contribution in [0.15, 0.2) is 108 Å². The van der Waals surface area contributed by atoms with Crippen LogP contribution < -0.4 is 20.5 Å². The number of amides is 1. The first kappa shape index (κ1) is 33.2. The number of hydrogen-bond donors (Lipinski definition) is 6. The molecular formula is C35H35N3O8. The maximum absolute atomic E-state index is 11.9. The fourth-order valence-electron chi connectivity index (χ4n) is 4.97. The number of aliphatic hydroxyl groups excluding tert-OH is 1. The molecule has 0 unspecified atom stereocenters. The van der Waals surface area contributed by atoms with E-state index in [0.717, 1.165) is 23.1 Å². The number of para-hydroxylation sites is 1. The SMILES string of the molecule is O=C(O)N(Cc1cccc(OCc2cccc(CCNC[C@H](O)c3ccc(O)c4[nH]c(=O)ccc34)c2)c1)c1ccccc1.O=CO. The lowest BCUT2D eigenvalue weighted by atomic mass is 10.0. The summed E-state index contributed by atoms with van der Waals surface area (Å²) in [5.41, 5.74) is 4.15. The first-order chi connectivity index (χ1) is 22.3. The third-order valence-corrected chi connectivity index (χ3v) is 7.13. The van der Waals surface area contributed by atoms with Crippen molar-refractivity contribution in [3.8, 4) is 11.5 Å². The maximum Gasteiger partial charge on any atom is 0.412 e. The molecule has 0 aliphatic heterocycles. The Morgan fingerprint density at radius 1 is 0.913 bits per heavy atom. The van der Waals surface area contributed by atoms with E-state index in [1.165, 1.54) is 17.0 Å². The number of aromatic nitrogens is 1. The van der Waals surface area contributed by atoms with E-state index in [4.69, 9.17) is 14.6 Å². The fraction of sp³-hybridized carbons (Fsp3) is 0.171. The second-order valence-corrected chi connectivity index (χ2v) is 10.3. The van der Waals surface area contributed by atoms with Crippen LogP contribution >= 0.6 is 0 Å². The van der Waals surface area contributed by atoms with Crippen molar-refractivity contribution in [3.05, 3.63) is 136 Å². The molecule has 4 aromatic carbocycles. The van der Waals surface area contributed by atoms with Crippen LogP contribution in [0.2, 0.25) is 0 Å². The molecule has 1 aromatic heterocycles. The van der Waals surface area contributed by atoms with E-state index in [2.05, 4.69) is 16.4 Å². The van der Waals surface area contributed by atoms with Crippen molar-refractivity contribution in [1.82, 2.24) is 10.3 Å². The first-order valence-corrected chi connectivity index (χ1v) is 14.5. The Labute approximate surface area is 265 Å². The summed E-state index contributed by atoms with van der Waals surface area (Å²) < 4.78 is 6.04. The van der Waals surface area contributed by atoms with Crippen LogP contribution in [0.3, 0.4) is 0 Å². The zero-order chi connectivity index (χ0) is 32.9. The average molecular weight is 626 g/mol. The Balaban J connectivity index is 0.00000154. The summed E-state index contributed by atoms with van der Waals surface area (Å²) in [5.74, 6) is 0.615. The molecule has 1 heterocycles. The number of aromatic hydroxyl groups is 1. The van der Waals surface area contributed by atoms with Gasteiger partial charge in [0.25, 0.3) is 6.47 Å². The van der Waals surface area contributed by atoms with Gasteiger partial charge in [-0.25, -0.2) is 4.79 Å². The highest BCUT2D eigenvalue weighted by atomic mass is 16.5. The van der Waals surface area contributed by atoms with Gasteiger partial charge in [0.2, 0.25) is 5.56 Å². The summed E-state index contributed by atoms with van der Waals surface area (Å²) >= 11 is 0. The largest absolute Gasteiger partial charge is 0.506 e. The van der Waals surface area contributed by atoms with Crippen LogP contribution in [-0.4, -0.2) is 51.1 Å². The highest BCUT2D eigenvalue weighted by Crippen LogP contribution is 2.28. The normalized spacial score (nSPS) is 11.2. The van der Waals surface area contributed by atoms with Crippen molar-refractivity contribution < 1.29 is 34.8 Å². The molecule has 46 heavy (non-hydrogen) atoms. The van der Waals surface area contributed by atoms with Crippen molar-refractivity contribution in [3.63, 3.8) is 0 Å². The van der Waals surface area contributed by atoms with Gasteiger partial charge in [-0.2, -0.15) is 0 Å². The Kier molecular flexibility index (Phi) is 11.9. The number of fused-ring (bicyclic) bond motifs is 1. The molecule has 5 rings (SSSR count). The lowest BCUT2D eigenvalue weighted by Crippen LogP contribution is -2.28. The standard InChI is InChI=1S/C34H33N3O6.CH2O2/c38-30-14-12-28(29-13-15-32(40)36-33(29)30)31(39)20-35-17-16-23-6-4-8-25(18-23)22-43-27-11-5-7-24(19-27)21-37(34(41)42)26-9-2-1-3-10-26;2-1-3/h1-15,18-19,31,35,38-39H,16-17,20-22H2,(H,36,40)(H,41,42);1H,(H,2,3)/t31-;/m0./s1. The summed E-state index contributed by atoms with van der Waals surface area (Å²) in [5, 5.41) is 41.3. The molecule has 238 valence electrons. The van der Waals surface area contributed by atoms with Gasteiger partial charge in [-0.1, -0.05) is 60.7 Å². The molecule has 0 bridgehead atoms. The molecule has 6 N–H and O–H groups in total. The Morgan fingerprint density at radius 3 is 2.39 bits per heavy atom. The summed E-state index contributed by atoms with van der Waals surface area (Å²) in [7, 11) is 0. The van der Waals surface area contributed by atoms with Crippen LogP contribution in [0.25, 0.3) is 10.9 Å². The molecule has 0 saturated heterocycles. The Morgan fingerprint density at radius 2 is 1.63 bits per heavy atom. The summed E-state index contributed by atoms with van der Waals surface area (Å²) in [6, 6.07) is 30.6. The number of anilines is 1. The minimum Gasteiger partial charge on any atom is -0.506 e. The second kappa shape index (κ2) is 16.4. The molecule has 1 amide bonds. The third kappa shape index (κ3) is 9.18. The van der Waals surface area contributed by atoms with E-state index < -0.39 is 12.2 Å². The molecule has 11 nitrogen and oxygen atoms in total. The lowest BCUT2D eigenvalue weighted by Gasteiger charge is -2.19. The number of hydrogen-bond acceptors (Lipinski definition) is 7. The first-order valence-electron chi connectivity index (χ1n) is 14.5. The van der Waals surface area contributed by atoms with Crippen molar-refractivity contribution >= 4 is 29.2 Å². The van der Waals surface area contributed by atoms with E-state index in [0.29, 0.717) is 47.6 Å². The number of phenols is 1. The molecule has 0 spiro atoms. The van der Waals surface area contributed by atoms with Crippen molar-refractivity contribution in [2.45, 2.75) is 25.7 Å². The number of nitrogens with one attached hydrogen (secondary N) is 2. The molecular weight excluding hydrogens is 590 g/mol. The number of carbonyl (C=O) groups is 2. The number of rotatable bonds is 12. The number of H-pyrrole nitrogens is 1. The quantitative estimate of drug-likeness (QED) is 0.0818. The zero-order valence-corrected chi connectivity index (χ0v) is 24.9. The van der Waals surface area contributed by atoms with E-state index in [9.17, 15) is 24.9 Å². The second-order valence-electron chi connectivity index (χ2n) is 10.3. The molecule has 0 saturated carbocycles. The lowest BCUT2D eigenvalue weighted by molar-refractivity contribution is -0.122. The van der Waals surface area contributed by atoms with Gasteiger partial charge in [0.15, 0.2) is 0 Å². The number of aromatic amines is 1. The number of ether oxygens (including phenoxy) is 1. The minimum absolute atomic E-state index is 0.0407. The number of carboxylic acid groups (broad SMARTS) is 2. The number of benzene rings is 4. The van der Waals surface area contributed by atoms with Gasteiger partial charge in [-0.3, -0.25) is 14.5 Å². The van der Waals surface area contributed by atoms with Gasteiger partial charge in [0.1, 0.15) is 18.1 Å². The zero-order valence-electron chi connectivity index (χ0n) is 24.9. The monoisotopic (exact) mass is 625 g/mol. The van der Waals surface area contributed by atoms with Crippen LogP contribution in [0.4, 0.5) is 10.5 Å². The minimum atomic E-state index is -1.02. The highest BCUT2D eigenvalue weighted by molar-refractivity contribution is 5.87. The van der Waals surface area contributed by atoms with Crippen LogP contribution in [0.5, 0.6) is 11.5 Å². The van der Waals surface area contributed by atoms with Crippen LogP contribution in [0, 0.1) is 0 Å². The van der Waals surface area contributed by atoms with Crippen molar-refractivity contribution in [2.24, 2.45) is 0 Å². The predicted octanol–water partition coefficient (Wildman–Crippen LogP) is 5.06. The van der Waals surface area contributed by atoms with E-state index in [-0.39, 0.29) is 24.3 Å². The molecule has 1 atom stereocenters. The summed E-state index contributed by atoms with van der Waals surface area (Å²) in [6.07, 6.45) is -1.10. The maximum atomic E-state index is 11.9. The number of phenolic OH excluding ortho intramolecular Hbond substituents is 1. The topological polar surface area (TPSA) is 172 Å². The number of aliphatic hydroxyl groups is 1. The Bertz CT molecular complexity index is 1810. The average Bonchev–Trinajstić information content (AvgIpc) is 3.06. The summed E-state index contributed by atoms with van der Waals surface area (Å²) in [6.45, 7) is 1.26. The highest BCUT2D eigenvalue weighted by Gasteiger charge is 2.16. The molecule has 0 aliphatic carbocycles. The van der Waals surface area contributed by atoms with E-state index in [1.54, 1.807) is 24.3 Å². The molecule has 5 aromatic rings. The Hall–Kier alpha value is -5.65. The van der Waals surface area contributed by atoms with Gasteiger partial charge in [0.05, 0.1) is 18.2 Å². The third-order valence-electron chi connectivity index (χ3n) is 7.13. The smallest absolute Gasteiger partial charge is 0.412 e. The number of nitrogens with zero attached hydrogens (tertiary/aromatic N) is 1. The van der Waals surface area contributed by atoms with Gasteiger partial charge < -0.3 is 35.5 Å². The number of pyridine rings is 1. The fourth-order valence-corrected chi connectivity index (χ4v) is 4.97. The van der Waals surface area contributed by atoms with Crippen molar-refractivity contribution in [1.29, 1.82) is 0 Å². The van der Waals surface area contributed by atoms with Gasteiger partial charge >= 0.3 is 6.09 Å². The van der Waals surface area contributed by atoms with Gasteiger partial charge in [-0.15, -0.1) is 0 Å². The molecule has 0 aliphatic rings. The molecule has 0 fully saturated rings. The molecule has 0 radical (unpaired) electrons. The van der Waals surface area contributed by atoms with Crippen LogP contribution in [0.1, 0.15) is 28.4 Å². The molecule has 11 heteroatoms. The van der Waals surface area contributed by atoms with E-state index >= 15 is 0 Å². The van der Waals surface area contributed by atoms with Crippen LogP contribution in [-0.2, 0) is 24.4 Å².